The fourth-order valence-corrected chi connectivity index (χ4v) is 4.46. The van der Waals surface area contributed by atoms with Crippen molar-refractivity contribution in [2.75, 3.05) is 4.72 Å². The van der Waals surface area contributed by atoms with Crippen molar-refractivity contribution >= 4 is 39.1 Å². The fourth-order valence-electron chi connectivity index (χ4n) is 3.50. The Morgan fingerprint density at radius 1 is 0.944 bits per heavy atom. The molecule has 0 saturated heterocycles. The van der Waals surface area contributed by atoms with Crippen molar-refractivity contribution in [3.05, 3.63) is 96.2 Å². The molecule has 3 heterocycles. The van der Waals surface area contributed by atoms with E-state index in [1.165, 1.54) is 30.7 Å². The van der Waals surface area contributed by atoms with Crippen LogP contribution >= 0.6 is 0 Å². The average Bonchev–Trinajstić information content (AvgIpc) is 3.49. The largest absolute Gasteiger partial charge is 0.455 e. The van der Waals surface area contributed by atoms with Gasteiger partial charge >= 0.3 is 5.91 Å². The molecule has 180 valence electrons. The lowest BCUT2D eigenvalue weighted by atomic mass is 10.1. The first-order valence-electron chi connectivity index (χ1n) is 10.7. The molecule has 2 aromatic carbocycles. The summed E-state index contributed by atoms with van der Waals surface area (Å²) in [6.45, 7) is 1.81. The van der Waals surface area contributed by atoms with Crippen LogP contribution in [-0.4, -0.2) is 30.5 Å². The van der Waals surface area contributed by atoms with E-state index in [2.05, 4.69) is 25.2 Å². The Morgan fingerprint density at radius 2 is 1.69 bits per heavy atom. The molecule has 0 aliphatic carbocycles. The third-order valence-corrected chi connectivity index (χ3v) is 6.62. The van der Waals surface area contributed by atoms with Gasteiger partial charge in [-0.25, -0.2) is 28.5 Å². The maximum absolute atomic E-state index is 12.5. The van der Waals surface area contributed by atoms with Gasteiger partial charge in [0.15, 0.2) is 5.76 Å². The Kier molecular flexibility index (Phi) is 6.05. The molecule has 2 N–H and O–H groups in total. The molecular weight excluding hydrogens is 482 g/mol. The van der Waals surface area contributed by atoms with Gasteiger partial charge in [-0.3, -0.25) is 4.79 Å². The summed E-state index contributed by atoms with van der Waals surface area (Å²) in [5.41, 5.74) is 4.45. The van der Waals surface area contributed by atoms with E-state index in [4.69, 9.17) is 8.83 Å². The number of anilines is 1. The summed E-state index contributed by atoms with van der Waals surface area (Å²) in [6.07, 6.45) is 4.25. The summed E-state index contributed by atoms with van der Waals surface area (Å²) >= 11 is 0. The zero-order valence-electron chi connectivity index (χ0n) is 18.9. The van der Waals surface area contributed by atoms with Gasteiger partial charge in [0, 0.05) is 28.9 Å². The second-order valence-corrected chi connectivity index (χ2v) is 9.34. The molecule has 0 unspecified atom stereocenters. The average molecular weight is 502 g/mol. The topological polar surface area (TPSA) is 140 Å². The lowest BCUT2D eigenvalue weighted by Gasteiger charge is -2.06. The number of hydrogen-bond donors (Lipinski definition) is 2. The van der Waals surface area contributed by atoms with Crippen LogP contribution in [0.5, 0.6) is 0 Å². The van der Waals surface area contributed by atoms with Crippen LogP contribution in [0, 0.1) is 6.92 Å². The Bertz CT molecular complexity index is 1670. The molecule has 0 fully saturated rings. The van der Waals surface area contributed by atoms with Gasteiger partial charge in [-0.15, -0.1) is 0 Å². The molecule has 0 spiro atoms. The summed E-state index contributed by atoms with van der Waals surface area (Å²) in [6, 6.07) is 18.5. The Balaban J connectivity index is 1.24. The minimum Gasteiger partial charge on any atom is -0.455 e. The van der Waals surface area contributed by atoms with Crippen molar-refractivity contribution in [2.45, 2.75) is 11.8 Å². The van der Waals surface area contributed by atoms with Crippen LogP contribution in [0.25, 0.3) is 22.3 Å². The van der Waals surface area contributed by atoms with E-state index in [0.29, 0.717) is 22.7 Å². The van der Waals surface area contributed by atoms with Crippen molar-refractivity contribution in [1.82, 2.24) is 15.4 Å². The number of aromatic nitrogens is 2. The van der Waals surface area contributed by atoms with Crippen molar-refractivity contribution in [3.8, 4) is 11.3 Å². The van der Waals surface area contributed by atoms with Gasteiger partial charge in [-0.05, 0) is 55.5 Å². The molecule has 1 amide bonds. The Morgan fingerprint density at radius 3 is 2.44 bits per heavy atom. The minimum absolute atomic E-state index is 0.0147. The number of nitrogens with zero attached hydrogens (tertiary/aromatic N) is 3. The molecule has 11 heteroatoms. The predicted molar refractivity (Wildman–Crippen MR) is 133 cm³/mol. The van der Waals surface area contributed by atoms with Crippen LogP contribution in [0.1, 0.15) is 21.9 Å². The number of hydrogen-bond acceptors (Lipinski definition) is 8. The van der Waals surface area contributed by atoms with Crippen LogP contribution in [0.3, 0.4) is 0 Å². The summed E-state index contributed by atoms with van der Waals surface area (Å²) in [5, 5.41) is 4.81. The zero-order valence-corrected chi connectivity index (χ0v) is 19.7. The molecule has 36 heavy (non-hydrogen) atoms. The van der Waals surface area contributed by atoms with Crippen LogP contribution in [0.2, 0.25) is 0 Å². The lowest BCUT2D eigenvalue weighted by Crippen LogP contribution is -2.17. The molecule has 0 aliphatic rings. The number of furan rings is 2. The molecule has 5 aromatic rings. The Hall–Kier alpha value is -4.77. The number of hydrazone groups is 1. The van der Waals surface area contributed by atoms with Crippen molar-refractivity contribution in [2.24, 2.45) is 5.10 Å². The monoisotopic (exact) mass is 501 g/mol. The molecule has 3 aromatic heterocycles. The van der Waals surface area contributed by atoms with Crippen molar-refractivity contribution < 1.29 is 22.0 Å². The summed E-state index contributed by atoms with van der Waals surface area (Å²) < 4.78 is 38.7. The van der Waals surface area contributed by atoms with E-state index in [1.54, 1.807) is 36.4 Å². The third kappa shape index (κ3) is 4.72. The van der Waals surface area contributed by atoms with Crippen LogP contribution in [-0.2, 0) is 10.0 Å². The first-order valence-corrected chi connectivity index (χ1v) is 12.2. The SMILES string of the molecule is Cc1c(C(=O)N/N=C/c2ccc(-c3ccc(S(=O)(=O)Nc4ncccn4)cc3)o2)oc2ccccc12. The number of amides is 1. The zero-order chi connectivity index (χ0) is 25.1. The molecule has 0 bridgehead atoms. The van der Waals surface area contributed by atoms with Crippen LogP contribution in [0.4, 0.5) is 5.95 Å². The van der Waals surface area contributed by atoms with Crippen molar-refractivity contribution in [1.29, 1.82) is 0 Å². The minimum atomic E-state index is -3.84. The number of fused-ring (bicyclic) bond motifs is 1. The molecule has 0 aliphatic heterocycles. The van der Waals surface area contributed by atoms with Crippen molar-refractivity contribution in [3.63, 3.8) is 0 Å². The number of sulfonamides is 1. The molecular formula is C25H19N5O5S. The van der Waals surface area contributed by atoms with Crippen LogP contribution in [0.15, 0.2) is 98.0 Å². The molecule has 10 nitrogen and oxygen atoms in total. The smallest absolute Gasteiger partial charge is 0.307 e. The van der Waals surface area contributed by atoms with Gasteiger partial charge < -0.3 is 8.83 Å². The predicted octanol–water partition coefficient (Wildman–Crippen LogP) is 4.36. The van der Waals surface area contributed by atoms with Gasteiger partial charge in [0.25, 0.3) is 10.0 Å². The summed E-state index contributed by atoms with van der Waals surface area (Å²) in [4.78, 5) is 20.2. The summed E-state index contributed by atoms with van der Waals surface area (Å²) in [5.74, 6) is 0.597. The maximum atomic E-state index is 12.5. The quantitative estimate of drug-likeness (QED) is 0.249. The molecule has 0 radical (unpaired) electrons. The number of carbonyl (C=O) groups is 1. The van der Waals surface area contributed by atoms with Gasteiger partial charge in [0.2, 0.25) is 5.95 Å². The molecule has 5 rings (SSSR count). The second kappa shape index (κ2) is 9.47. The van der Waals surface area contributed by atoms with E-state index >= 15 is 0 Å². The normalized spacial score (nSPS) is 11.7. The van der Waals surface area contributed by atoms with E-state index < -0.39 is 15.9 Å². The van der Waals surface area contributed by atoms with E-state index in [1.807, 2.05) is 25.1 Å². The lowest BCUT2D eigenvalue weighted by molar-refractivity contribution is 0.0928. The van der Waals surface area contributed by atoms with Gasteiger partial charge in [0.1, 0.15) is 17.1 Å². The molecule has 0 saturated carbocycles. The highest BCUT2D eigenvalue weighted by Gasteiger charge is 2.17. The maximum Gasteiger partial charge on any atom is 0.307 e. The number of benzene rings is 2. The van der Waals surface area contributed by atoms with E-state index in [0.717, 1.165) is 10.9 Å². The van der Waals surface area contributed by atoms with E-state index in [9.17, 15) is 13.2 Å². The number of nitrogens with one attached hydrogen (secondary N) is 2. The summed E-state index contributed by atoms with van der Waals surface area (Å²) in [7, 11) is -3.84. The van der Waals surface area contributed by atoms with Gasteiger partial charge in [-0.1, -0.05) is 18.2 Å². The van der Waals surface area contributed by atoms with Gasteiger partial charge in [-0.2, -0.15) is 5.10 Å². The highest BCUT2D eigenvalue weighted by Crippen LogP contribution is 2.25. The highest BCUT2D eigenvalue weighted by atomic mass is 32.2. The number of rotatable bonds is 7. The number of aryl methyl sites for hydroxylation is 1. The third-order valence-electron chi connectivity index (χ3n) is 5.28. The highest BCUT2D eigenvalue weighted by molar-refractivity contribution is 7.92. The van der Waals surface area contributed by atoms with Crippen LogP contribution < -0.4 is 10.1 Å². The second-order valence-electron chi connectivity index (χ2n) is 7.66. The first kappa shape index (κ1) is 23.0. The molecule has 0 atom stereocenters. The van der Waals surface area contributed by atoms with E-state index in [-0.39, 0.29) is 16.6 Å². The Labute approximate surface area is 205 Å². The fraction of sp³-hybridized carbons (Fsp3) is 0.0400. The van der Waals surface area contributed by atoms with Gasteiger partial charge in [0.05, 0.1) is 11.1 Å². The first-order chi connectivity index (χ1) is 17.4. The number of carbonyl (C=O) groups excluding carboxylic acids is 1. The number of para-hydroxylation sites is 1. The standard InChI is InChI=1S/C25H19N5O5S/c1-16-20-5-2-3-6-22(20)35-23(16)24(31)29-28-15-18-9-12-21(34-18)17-7-10-19(11-8-17)36(32,33)30-25-26-13-4-14-27-25/h2-15H,1H3,(H,29,31)(H,26,27,30)/b28-15+.